The quantitative estimate of drug-likeness (QED) is 0.420. The lowest BCUT2D eigenvalue weighted by atomic mass is 10.3. The number of methoxy groups -OCH3 is 1. The van der Waals surface area contributed by atoms with Crippen LogP contribution in [-0.2, 0) is 14.6 Å². The van der Waals surface area contributed by atoms with Gasteiger partial charge in [-0.25, -0.2) is 13.4 Å². The summed E-state index contributed by atoms with van der Waals surface area (Å²) in [5.74, 6) is 1.55. The molecule has 1 heterocycles. The molecule has 0 aliphatic rings. The molecule has 0 fully saturated rings. The number of sulfone groups is 1. The predicted molar refractivity (Wildman–Crippen MR) is 114 cm³/mol. The average Bonchev–Trinajstić information content (AvgIpc) is 3.06. The Morgan fingerprint density at radius 1 is 1.21 bits per heavy atom. The van der Waals surface area contributed by atoms with E-state index >= 15 is 0 Å². The number of ether oxygens (including phenoxy) is 1. The Morgan fingerprint density at radius 2 is 1.96 bits per heavy atom. The second-order valence-corrected chi connectivity index (χ2v) is 10.3. The molecule has 0 radical (unpaired) electrons. The molecule has 148 valence electrons. The highest BCUT2D eigenvalue weighted by Gasteiger charge is 2.12. The van der Waals surface area contributed by atoms with Gasteiger partial charge in [-0.2, -0.15) is 0 Å². The number of thioether (sulfide) groups is 1. The minimum Gasteiger partial charge on any atom is -0.497 e. The molecule has 0 bridgehead atoms. The molecule has 0 unspecified atom stereocenters. The molecule has 0 aliphatic heterocycles. The second-order valence-electron chi connectivity index (χ2n) is 6.10. The van der Waals surface area contributed by atoms with Crippen LogP contribution in [0.5, 0.6) is 5.75 Å². The molecule has 3 aromatic rings. The number of hydrogen-bond acceptors (Lipinski definition) is 7. The summed E-state index contributed by atoms with van der Waals surface area (Å²) < 4.78 is 29.2. The van der Waals surface area contributed by atoms with Crippen LogP contribution in [0.3, 0.4) is 0 Å². The molecule has 0 atom stereocenters. The molecule has 9 heteroatoms. The minimum absolute atomic E-state index is 0.0993. The number of anilines is 1. The first-order valence-corrected chi connectivity index (χ1v) is 12.2. The Morgan fingerprint density at radius 3 is 2.64 bits per heavy atom. The van der Waals surface area contributed by atoms with E-state index in [1.54, 1.807) is 31.0 Å². The van der Waals surface area contributed by atoms with Crippen molar-refractivity contribution in [2.75, 3.05) is 24.4 Å². The van der Waals surface area contributed by atoms with Crippen LogP contribution < -0.4 is 10.1 Å². The number of rotatable bonds is 8. The molecule has 1 N–H and O–H groups in total. The van der Waals surface area contributed by atoms with Gasteiger partial charge in [0.2, 0.25) is 5.91 Å². The Kier molecular flexibility index (Phi) is 6.58. The number of aromatic nitrogens is 1. The SMILES string of the molecule is COc1ccc(SCCCC(=O)Nc2nc3ccc(S(C)(=O)=O)cc3s2)cc1. The summed E-state index contributed by atoms with van der Waals surface area (Å²) >= 11 is 2.96. The maximum atomic E-state index is 12.1. The number of carbonyl (C=O) groups excluding carboxylic acids is 1. The zero-order valence-corrected chi connectivity index (χ0v) is 17.9. The van der Waals surface area contributed by atoms with Crippen molar-refractivity contribution in [3.05, 3.63) is 42.5 Å². The van der Waals surface area contributed by atoms with Gasteiger partial charge in [-0.15, -0.1) is 11.8 Å². The first-order valence-electron chi connectivity index (χ1n) is 8.52. The van der Waals surface area contributed by atoms with Crippen LogP contribution >= 0.6 is 23.1 Å². The maximum absolute atomic E-state index is 12.1. The standard InChI is InChI=1S/C19H20N2O4S3/c1-25-13-5-7-14(8-6-13)26-11-3-4-18(22)21-19-20-16-10-9-15(28(2,23)24)12-17(16)27-19/h5-10,12H,3-4,11H2,1-2H3,(H,20,21,22). The van der Waals surface area contributed by atoms with Crippen molar-refractivity contribution in [2.24, 2.45) is 0 Å². The fourth-order valence-electron chi connectivity index (χ4n) is 2.47. The lowest BCUT2D eigenvalue weighted by molar-refractivity contribution is -0.116. The first-order chi connectivity index (χ1) is 13.3. The number of thiazole rings is 1. The van der Waals surface area contributed by atoms with E-state index in [4.69, 9.17) is 4.74 Å². The fourth-order valence-corrected chi connectivity index (χ4v) is 4.96. The third kappa shape index (κ3) is 5.46. The van der Waals surface area contributed by atoms with Crippen molar-refractivity contribution in [1.82, 2.24) is 4.98 Å². The van der Waals surface area contributed by atoms with E-state index in [1.807, 2.05) is 24.3 Å². The first kappa shape index (κ1) is 20.6. The Labute approximate surface area is 172 Å². The number of nitrogens with one attached hydrogen (secondary N) is 1. The van der Waals surface area contributed by atoms with Gasteiger partial charge in [0.1, 0.15) is 5.75 Å². The van der Waals surface area contributed by atoms with Crippen molar-refractivity contribution in [3.8, 4) is 5.75 Å². The van der Waals surface area contributed by atoms with E-state index in [0.717, 1.165) is 27.5 Å². The van der Waals surface area contributed by atoms with Gasteiger partial charge in [0.25, 0.3) is 0 Å². The topological polar surface area (TPSA) is 85.4 Å². The molecule has 1 aromatic heterocycles. The zero-order valence-electron chi connectivity index (χ0n) is 15.5. The molecule has 6 nitrogen and oxygen atoms in total. The van der Waals surface area contributed by atoms with Crippen LogP contribution in [0.2, 0.25) is 0 Å². The molecule has 28 heavy (non-hydrogen) atoms. The van der Waals surface area contributed by atoms with Gasteiger partial charge in [0, 0.05) is 17.6 Å². The summed E-state index contributed by atoms with van der Waals surface area (Å²) in [5, 5.41) is 3.28. The van der Waals surface area contributed by atoms with Crippen molar-refractivity contribution < 1.29 is 17.9 Å². The second kappa shape index (κ2) is 8.93. The number of fused-ring (bicyclic) bond motifs is 1. The van der Waals surface area contributed by atoms with Crippen LogP contribution in [0.1, 0.15) is 12.8 Å². The van der Waals surface area contributed by atoms with Crippen LogP contribution in [0.15, 0.2) is 52.3 Å². The molecule has 2 aromatic carbocycles. The Hall–Kier alpha value is -2.10. The smallest absolute Gasteiger partial charge is 0.226 e. The number of benzene rings is 2. The van der Waals surface area contributed by atoms with Gasteiger partial charge in [-0.05, 0) is 54.6 Å². The summed E-state index contributed by atoms with van der Waals surface area (Å²) in [4.78, 5) is 17.9. The lowest BCUT2D eigenvalue weighted by Gasteiger charge is -2.04. The number of carbonyl (C=O) groups is 1. The Bertz CT molecular complexity index is 1080. The van der Waals surface area contributed by atoms with Gasteiger partial charge in [0.05, 0.1) is 22.2 Å². The van der Waals surface area contributed by atoms with Gasteiger partial charge in [-0.1, -0.05) is 11.3 Å². The molecule has 0 saturated carbocycles. The van der Waals surface area contributed by atoms with E-state index in [2.05, 4.69) is 10.3 Å². The monoisotopic (exact) mass is 436 g/mol. The van der Waals surface area contributed by atoms with Crippen LogP contribution in [0, 0.1) is 0 Å². The highest BCUT2D eigenvalue weighted by Crippen LogP contribution is 2.28. The number of nitrogens with zero attached hydrogens (tertiary/aromatic N) is 1. The third-order valence-electron chi connectivity index (χ3n) is 3.91. The van der Waals surface area contributed by atoms with Crippen molar-refractivity contribution in [2.45, 2.75) is 22.6 Å². The van der Waals surface area contributed by atoms with Gasteiger partial charge in [0.15, 0.2) is 15.0 Å². The van der Waals surface area contributed by atoms with Gasteiger partial charge < -0.3 is 10.1 Å². The predicted octanol–water partition coefficient (Wildman–Crippen LogP) is 4.22. The third-order valence-corrected chi connectivity index (χ3v) is 7.05. The Balaban J connectivity index is 1.50. The highest BCUT2D eigenvalue weighted by molar-refractivity contribution is 7.99. The van der Waals surface area contributed by atoms with Crippen molar-refractivity contribution in [3.63, 3.8) is 0 Å². The summed E-state index contributed by atoms with van der Waals surface area (Å²) in [5.41, 5.74) is 0.669. The zero-order chi connectivity index (χ0) is 20.1. The summed E-state index contributed by atoms with van der Waals surface area (Å²) in [6, 6.07) is 12.6. The van der Waals surface area contributed by atoms with Crippen molar-refractivity contribution in [1.29, 1.82) is 0 Å². The molecular formula is C19H20N2O4S3. The molecule has 1 amide bonds. The summed E-state index contributed by atoms with van der Waals surface area (Å²) in [7, 11) is -1.63. The largest absolute Gasteiger partial charge is 0.497 e. The van der Waals surface area contributed by atoms with E-state index in [-0.39, 0.29) is 10.8 Å². The lowest BCUT2D eigenvalue weighted by Crippen LogP contribution is -2.11. The normalized spacial score (nSPS) is 11.5. The summed E-state index contributed by atoms with van der Waals surface area (Å²) in [6.07, 6.45) is 2.31. The minimum atomic E-state index is -3.27. The van der Waals surface area contributed by atoms with Crippen molar-refractivity contribution >= 4 is 54.2 Å². The van der Waals surface area contributed by atoms with E-state index in [1.165, 1.54) is 23.7 Å². The van der Waals surface area contributed by atoms with E-state index < -0.39 is 9.84 Å². The average molecular weight is 437 g/mol. The molecule has 0 saturated heterocycles. The highest BCUT2D eigenvalue weighted by atomic mass is 32.2. The fraction of sp³-hybridized carbons (Fsp3) is 0.263. The maximum Gasteiger partial charge on any atom is 0.226 e. The number of hydrogen-bond donors (Lipinski definition) is 1. The van der Waals surface area contributed by atoms with Gasteiger partial charge in [-0.3, -0.25) is 4.79 Å². The summed E-state index contributed by atoms with van der Waals surface area (Å²) in [6.45, 7) is 0. The van der Waals surface area contributed by atoms with E-state index in [9.17, 15) is 13.2 Å². The molecule has 0 spiro atoms. The van der Waals surface area contributed by atoms with Crippen LogP contribution in [-0.4, -0.2) is 38.4 Å². The van der Waals surface area contributed by atoms with E-state index in [0.29, 0.717) is 17.1 Å². The van der Waals surface area contributed by atoms with Crippen LogP contribution in [0.4, 0.5) is 5.13 Å². The molecule has 0 aliphatic carbocycles. The molecular weight excluding hydrogens is 416 g/mol. The van der Waals surface area contributed by atoms with Gasteiger partial charge >= 0.3 is 0 Å². The van der Waals surface area contributed by atoms with Crippen LogP contribution in [0.25, 0.3) is 10.2 Å². The molecule has 3 rings (SSSR count). The number of amides is 1.